The van der Waals surface area contributed by atoms with Crippen molar-refractivity contribution in [2.24, 2.45) is 0 Å². The molecule has 0 saturated carbocycles. The first-order valence-corrected chi connectivity index (χ1v) is 12.5. The van der Waals surface area contributed by atoms with Crippen molar-refractivity contribution < 1.29 is 0 Å². The number of benzene rings is 2. The molecule has 0 N–H and O–H groups in total. The maximum Gasteiger partial charge on any atom is 0.0595 e. The molecule has 2 aliphatic rings. The zero-order valence-corrected chi connectivity index (χ0v) is 21.8. The molecule has 2 heterocycles. The Morgan fingerprint density at radius 2 is 1.19 bits per heavy atom. The molecule has 2 aromatic rings. The first-order chi connectivity index (χ1) is 14.7. The van der Waals surface area contributed by atoms with Gasteiger partial charge in [-0.25, -0.2) is 0 Å². The molecule has 0 aromatic heterocycles. The van der Waals surface area contributed by atoms with Crippen molar-refractivity contribution in [1.82, 2.24) is 9.80 Å². The third kappa shape index (κ3) is 6.31. The lowest BCUT2D eigenvalue weighted by Gasteiger charge is -2.20. The fourth-order valence-electron chi connectivity index (χ4n) is 4.67. The minimum Gasteiger partial charge on any atom is -0.305 e. The maximum absolute atomic E-state index is 6.11. The predicted octanol–water partition coefficient (Wildman–Crippen LogP) is 7.56. The lowest BCUT2D eigenvalue weighted by Crippen LogP contribution is -2.23. The molecule has 0 aliphatic carbocycles. The number of nitrogens with zero attached hydrogens (tertiary/aromatic N) is 2. The van der Waals surface area contributed by atoms with Crippen LogP contribution in [0, 0.1) is 0 Å². The van der Waals surface area contributed by atoms with Crippen LogP contribution in [-0.2, 0) is 12.8 Å². The quantitative estimate of drug-likeness (QED) is 0.397. The van der Waals surface area contributed by atoms with Gasteiger partial charge in [0, 0.05) is 26.2 Å². The molecule has 0 saturated heterocycles. The smallest absolute Gasteiger partial charge is 0.0595 e. The zero-order valence-electron chi connectivity index (χ0n) is 18.8. The molecular weight excluding hydrogens is 470 g/mol. The molecule has 170 valence electrons. The maximum atomic E-state index is 6.11. The summed E-state index contributed by atoms with van der Waals surface area (Å²) in [5.41, 5.74) is 5.46. The fraction of sp³-hybridized carbons (Fsp3) is 0.520. The summed E-state index contributed by atoms with van der Waals surface area (Å²) in [6, 6.07) is 8.16. The summed E-state index contributed by atoms with van der Waals surface area (Å²) < 4.78 is 0. The number of likely N-dealkylation sites (N-methyl/N-ethyl adjacent to an activating group) is 2. The van der Waals surface area contributed by atoms with Crippen LogP contribution in [0.2, 0.25) is 20.1 Å². The summed E-state index contributed by atoms with van der Waals surface area (Å²) in [4.78, 5) is 4.74. The number of rotatable bonds is 1. The zero-order chi connectivity index (χ0) is 22.7. The first-order valence-electron chi connectivity index (χ1n) is 11.0. The Morgan fingerprint density at radius 3 is 1.74 bits per heavy atom. The van der Waals surface area contributed by atoms with E-state index in [2.05, 4.69) is 43.8 Å². The molecule has 2 unspecified atom stereocenters. The summed E-state index contributed by atoms with van der Waals surface area (Å²) in [5.74, 6) is 1.11. The Kier molecular flexibility index (Phi) is 9.00. The molecule has 2 atom stereocenters. The highest BCUT2D eigenvalue weighted by atomic mass is 35.5. The van der Waals surface area contributed by atoms with Crippen LogP contribution in [0.25, 0.3) is 0 Å². The van der Waals surface area contributed by atoms with Crippen molar-refractivity contribution in [3.05, 3.63) is 66.6 Å². The van der Waals surface area contributed by atoms with E-state index in [-0.39, 0.29) is 0 Å². The van der Waals surface area contributed by atoms with Crippen LogP contribution in [0.4, 0.5) is 0 Å². The number of hydrogen-bond donors (Lipinski definition) is 0. The van der Waals surface area contributed by atoms with Crippen molar-refractivity contribution in [3.8, 4) is 0 Å². The van der Waals surface area contributed by atoms with Crippen LogP contribution >= 0.6 is 46.4 Å². The Hall–Kier alpha value is -0.480. The molecule has 31 heavy (non-hydrogen) atoms. The number of halogens is 4. The molecule has 2 aromatic carbocycles. The second kappa shape index (κ2) is 11.1. The summed E-state index contributed by atoms with van der Waals surface area (Å²) >= 11 is 24.3. The van der Waals surface area contributed by atoms with Gasteiger partial charge < -0.3 is 9.80 Å². The lowest BCUT2D eigenvalue weighted by molar-refractivity contribution is 0.322. The Morgan fingerprint density at radius 1 is 0.742 bits per heavy atom. The van der Waals surface area contributed by atoms with Gasteiger partial charge in [-0.05, 0) is 91.7 Å². The van der Waals surface area contributed by atoms with E-state index in [9.17, 15) is 0 Å². The van der Waals surface area contributed by atoms with Gasteiger partial charge in [-0.2, -0.15) is 0 Å². The van der Waals surface area contributed by atoms with E-state index in [1.807, 2.05) is 18.2 Å². The standard InChI is InChI=1S/C13H17Cl2N.C12H15Cl2N/c1-3-9-8-16(2)5-4-10-6-12(14)13(15)7-11(9)10;1-8-7-15(2)4-3-9-5-11(13)12(14)6-10(8)9/h6-7,9H,3-5,8H2,1-2H3;5-6,8H,3-4,7H2,1-2H3. The van der Waals surface area contributed by atoms with Crippen molar-refractivity contribution in [2.75, 3.05) is 40.3 Å². The Labute approximate surface area is 207 Å². The number of hydrogen-bond acceptors (Lipinski definition) is 2. The van der Waals surface area contributed by atoms with Gasteiger partial charge in [0.25, 0.3) is 0 Å². The van der Waals surface area contributed by atoms with Crippen molar-refractivity contribution in [3.63, 3.8) is 0 Å². The molecule has 0 fully saturated rings. The van der Waals surface area contributed by atoms with Gasteiger partial charge in [0.1, 0.15) is 0 Å². The van der Waals surface area contributed by atoms with E-state index in [0.29, 0.717) is 31.9 Å². The minimum atomic E-state index is 0.530. The van der Waals surface area contributed by atoms with E-state index in [1.165, 1.54) is 22.3 Å². The Balaban J connectivity index is 0.000000176. The lowest BCUT2D eigenvalue weighted by atomic mass is 9.92. The molecule has 0 bridgehead atoms. The monoisotopic (exact) mass is 500 g/mol. The normalized spacial score (nSPS) is 21.9. The van der Waals surface area contributed by atoms with Crippen molar-refractivity contribution >= 4 is 46.4 Å². The summed E-state index contributed by atoms with van der Waals surface area (Å²) in [5, 5.41) is 2.71. The van der Waals surface area contributed by atoms with Crippen LogP contribution in [-0.4, -0.2) is 50.1 Å². The average Bonchev–Trinajstić information content (AvgIpc) is 2.96. The van der Waals surface area contributed by atoms with Crippen LogP contribution in [0.3, 0.4) is 0 Å². The average molecular weight is 502 g/mol. The second-order valence-electron chi connectivity index (χ2n) is 8.96. The van der Waals surface area contributed by atoms with Gasteiger partial charge in [-0.3, -0.25) is 0 Å². The number of fused-ring (bicyclic) bond motifs is 2. The first kappa shape index (κ1) is 25.1. The van der Waals surface area contributed by atoms with Gasteiger partial charge in [-0.1, -0.05) is 60.3 Å². The predicted molar refractivity (Wildman–Crippen MR) is 137 cm³/mol. The van der Waals surface area contributed by atoms with Crippen LogP contribution in [0.5, 0.6) is 0 Å². The molecule has 2 aliphatic heterocycles. The summed E-state index contributed by atoms with van der Waals surface area (Å²) in [6.45, 7) is 8.87. The largest absolute Gasteiger partial charge is 0.305 e. The van der Waals surface area contributed by atoms with Crippen molar-refractivity contribution in [1.29, 1.82) is 0 Å². The topological polar surface area (TPSA) is 6.48 Å². The van der Waals surface area contributed by atoms with Gasteiger partial charge in [0.2, 0.25) is 0 Å². The Bertz CT molecular complexity index is 915. The fourth-order valence-corrected chi connectivity index (χ4v) is 5.39. The third-order valence-electron chi connectivity index (χ3n) is 6.47. The van der Waals surface area contributed by atoms with E-state index in [0.717, 1.165) is 45.4 Å². The van der Waals surface area contributed by atoms with Crippen LogP contribution < -0.4 is 0 Å². The molecule has 6 heteroatoms. The van der Waals surface area contributed by atoms with Crippen molar-refractivity contribution in [2.45, 2.75) is 44.9 Å². The van der Waals surface area contributed by atoms with Gasteiger partial charge in [0.05, 0.1) is 20.1 Å². The molecule has 4 rings (SSSR count). The SMILES string of the molecule is CC1CN(C)CCc2cc(Cl)c(Cl)cc21.CCC1CN(C)CCc2cc(Cl)c(Cl)cc21. The second-order valence-corrected chi connectivity index (χ2v) is 10.6. The summed E-state index contributed by atoms with van der Waals surface area (Å²) in [6.07, 6.45) is 3.28. The highest BCUT2D eigenvalue weighted by molar-refractivity contribution is 6.42. The van der Waals surface area contributed by atoms with E-state index in [4.69, 9.17) is 46.4 Å². The van der Waals surface area contributed by atoms with E-state index in [1.54, 1.807) is 0 Å². The minimum absolute atomic E-state index is 0.530. The molecule has 0 amide bonds. The highest BCUT2D eigenvalue weighted by Crippen LogP contribution is 2.34. The molecule has 2 nitrogen and oxygen atoms in total. The van der Waals surface area contributed by atoms with Gasteiger partial charge >= 0.3 is 0 Å². The third-order valence-corrected chi connectivity index (χ3v) is 7.92. The molecular formula is C25H32Cl4N2. The van der Waals surface area contributed by atoms with E-state index < -0.39 is 0 Å². The van der Waals surface area contributed by atoms with Gasteiger partial charge in [-0.15, -0.1) is 0 Å². The highest BCUT2D eigenvalue weighted by Gasteiger charge is 2.21. The molecule has 0 spiro atoms. The van der Waals surface area contributed by atoms with Crippen LogP contribution in [0.1, 0.15) is 54.4 Å². The molecule has 0 radical (unpaired) electrons. The summed E-state index contributed by atoms with van der Waals surface area (Å²) in [7, 11) is 4.34. The van der Waals surface area contributed by atoms with Crippen LogP contribution in [0.15, 0.2) is 24.3 Å². The van der Waals surface area contributed by atoms with Gasteiger partial charge in [0.15, 0.2) is 0 Å². The van der Waals surface area contributed by atoms with E-state index >= 15 is 0 Å².